The van der Waals surface area contributed by atoms with Crippen molar-refractivity contribution in [3.63, 3.8) is 0 Å². The molecule has 0 saturated heterocycles. The Kier molecular flexibility index (Phi) is 6.56. The molecule has 1 aliphatic heterocycles. The third-order valence-corrected chi connectivity index (χ3v) is 3.69. The number of allylic oxidation sites excluding steroid dienone is 4. The molecule has 1 aliphatic rings. The number of aliphatic imine (C=N–C) groups is 1. The number of aliphatic hydroxyl groups excluding tert-OH is 1. The van der Waals surface area contributed by atoms with Crippen molar-refractivity contribution in [2.45, 2.75) is 46.3 Å². The van der Waals surface area contributed by atoms with Gasteiger partial charge in [-0.25, -0.2) is 4.79 Å². The van der Waals surface area contributed by atoms with Gasteiger partial charge >= 0.3 is 5.97 Å². The Hall–Kier alpha value is -1.88. The van der Waals surface area contributed by atoms with Crippen LogP contribution in [0.15, 0.2) is 39.6 Å². The van der Waals surface area contributed by atoms with Gasteiger partial charge in [-0.1, -0.05) is 6.08 Å². The first-order valence-corrected chi connectivity index (χ1v) is 7.25. The Morgan fingerprint density at radius 3 is 2.50 bits per heavy atom. The maximum absolute atomic E-state index is 11.7. The van der Waals surface area contributed by atoms with Crippen LogP contribution in [-0.2, 0) is 14.3 Å². The van der Waals surface area contributed by atoms with Gasteiger partial charge in [0.1, 0.15) is 0 Å². The Morgan fingerprint density at radius 1 is 1.32 bits per heavy atom. The van der Waals surface area contributed by atoms with E-state index in [9.17, 15) is 9.90 Å². The molecule has 1 N–H and O–H groups in total. The third-order valence-electron chi connectivity index (χ3n) is 3.69. The van der Waals surface area contributed by atoms with Crippen LogP contribution in [0.5, 0.6) is 0 Å². The molecule has 0 aromatic carbocycles. The maximum Gasteiger partial charge on any atom is 0.339 e. The van der Waals surface area contributed by atoms with Crippen molar-refractivity contribution in [1.29, 1.82) is 0 Å². The molecule has 0 fully saturated rings. The molecule has 122 valence electrons. The highest BCUT2D eigenvalue weighted by atomic mass is 16.5. The standard InChI is InChI=1S/C17H25NO4/c1-10(7-8-12(3)21-5)14-9-11(2)18-13(4)15(14)16(19)17(20)22-6/h7-8,11,16,19H,9H2,1-6H3. The molecule has 22 heavy (non-hydrogen) atoms. The highest BCUT2D eigenvalue weighted by Gasteiger charge is 2.29. The number of dihydropyridines is 1. The number of methoxy groups -OCH3 is 2. The summed E-state index contributed by atoms with van der Waals surface area (Å²) in [4.78, 5) is 16.2. The predicted molar refractivity (Wildman–Crippen MR) is 86.8 cm³/mol. The summed E-state index contributed by atoms with van der Waals surface area (Å²) in [5, 5.41) is 10.3. The lowest BCUT2D eigenvalue weighted by Crippen LogP contribution is -2.31. The van der Waals surface area contributed by atoms with E-state index in [0.717, 1.165) is 16.9 Å². The summed E-state index contributed by atoms with van der Waals surface area (Å²) in [5.41, 5.74) is 3.11. The van der Waals surface area contributed by atoms with Crippen LogP contribution in [0.2, 0.25) is 0 Å². The minimum absolute atomic E-state index is 0.111. The summed E-state index contributed by atoms with van der Waals surface area (Å²) in [5.74, 6) is 0.109. The summed E-state index contributed by atoms with van der Waals surface area (Å²) in [6.07, 6.45) is 3.13. The molecule has 1 rings (SSSR count). The highest BCUT2D eigenvalue weighted by Crippen LogP contribution is 2.29. The van der Waals surface area contributed by atoms with Crippen LogP contribution in [0.4, 0.5) is 0 Å². The Balaban J connectivity index is 3.32. The second kappa shape index (κ2) is 7.94. The number of esters is 1. The van der Waals surface area contributed by atoms with Gasteiger partial charge in [0.15, 0.2) is 6.10 Å². The highest BCUT2D eigenvalue weighted by molar-refractivity contribution is 6.05. The lowest BCUT2D eigenvalue weighted by Gasteiger charge is -2.26. The zero-order valence-electron chi connectivity index (χ0n) is 14.1. The monoisotopic (exact) mass is 307 g/mol. The summed E-state index contributed by atoms with van der Waals surface area (Å²) in [7, 11) is 2.87. The van der Waals surface area contributed by atoms with E-state index in [0.29, 0.717) is 17.7 Å². The van der Waals surface area contributed by atoms with E-state index in [1.807, 2.05) is 32.9 Å². The molecule has 0 saturated carbocycles. The largest absolute Gasteiger partial charge is 0.501 e. The smallest absolute Gasteiger partial charge is 0.339 e. The molecule has 0 aromatic heterocycles. The molecule has 0 aromatic rings. The van der Waals surface area contributed by atoms with Gasteiger partial charge in [0.25, 0.3) is 0 Å². The fourth-order valence-electron chi connectivity index (χ4n) is 2.45. The quantitative estimate of drug-likeness (QED) is 0.481. The van der Waals surface area contributed by atoms with Gasteiger partial charge in [0.2, 0.25) is 0 Å². The average molecular weight is 307 g/mol. The summed E-state index contributed by atoms with van der Waals surface area (Å²) in [6.45, 7) is 7.62. The van der Waals surface area contributed by atoms with Crippen molar-refractivity contribution in [2.75, 3.05) is 14.2 Å². The van der Waals surface area contributed by atoms with Crippen molar-refractivity contribution in [1.82, 2.24) is 0 Å². The molecular weight excluding hydrogens is 282 g/mol. The number of rotatable bonds is 5. The van der Waals surface area contributed by atoms with Crippen LogP contribution in [0.3, 0.4) is 0 Å². The van der Waals surface area contributed by atoms with Crippen LogP contribution in [0.1, 0.15) is 34.1 Å². The van der Waals surface area contributed by atoms with E-state index in [1.165, 1.54) is 7.11 Å². The number of carbonyl (C=O) groups excluding carboxylic acids is 1. The molecule has 5 heteroatoms. The first-order chi connectivity index (χ1) is 10.3. The predicted octanol–water partition coefficient (Wildman–Crippen LogP) is 2.57. The van der Waals surface area contributed by atoms with Crippen LogP contribution in [0, 0.1) is 0 Å². The van der Waals surface area contributed by atoms with Crippen molar-refractivity contribution in [2.24, 2.45) is 4.99 Å². The molecule has 0 amide bonds. The molecule has 2 atom stereocenters. The van der Waals surface area contributed by atoms with Crippen molar-refractivity contribution < 1.29 is 19.4 Å². The second-order valence-electron chi connectivity index (χ2n) is 5.42. The van der Waals surface area contributed by atoms with Gasteiger partial charge in [-0.05, 0) is 51.3 Å². The molecule has 0 aliphatic carbocycles. The molecule has 0 bridgehead atoms. The fraction of sp³-hybridized carbons (Fsp3) is 0.529. The first kappa shape index (κ1) is 18.2. The van der Waals surface area contributed by atoms with E-state index in [1.54, 1.807) is 14.0 Å². The molecule has 0 spiro atoms. The van der Waals surface area contributed by atoms with E-state index >= 15 is 0 Å². The Labute approximate surface area is 132 Å². The topological polar surface area (TPSA) is 68.1 Å². The lowest BCUT2D eigenvalue weighted by molar-refractivity contribution is -0.148. The van der Waals surface area contributed by atoms with Crippen LogP contribution in [0.25, 0.3) is 0 Å². The SMILES string of the molecule is COC(=O)C(O)C1=C(C(C)=CC=C(C)OC)CC(C)N=C1C. The van der Waals surface area contributed by atoms with E-state index in [2.05, 4.69) is 9.73 Å². The lowest BCUT2D eigenvalue weighted by atomic mass is 9.87. The van der Waals surface area contributed by atoms with E-state index < -0.39 is 12.1 Å². The number of hydrogen-bond donors (Lipinski definition) is 1. The van der Waals surface area contributed by atoms with Crippen LogP contribution >= 0.6 is 0 Å². The van der Waals surface area contributed by atoms with Gasteiger partial charge < -0.3 is 14.6 Å². The fourth-order valence-corrected chi connectivity index (χ4v) is 2.45. The van der Waals surface area contributed by atoms with Crippen molar-refractivity contribution >= 4 is 11.7 Å². The van der Waals surface area contributed by atoms with Crippen LogP contribution in [-0.4, -0.2) is 43.2 Å². The summed E-state index contributed by atoms with van der Waals surface area (Å²) in [6, 6.07) is 0.111. The number of aliphatic hydroxyl groups is 1. The van der Waals surface area contributed by atoms with Crippen LogP contribution < -0.4 is 0 Å². The molecule has 2 unspecified atom stereocenters. The number of carbonyl (C=O) groups is 1. The first-order valence-electron chi connectivity index (χ1n) is 7.25. The van der Waals surface area contributed by atoms with Gasteiger partial charge in [0, 0.05) is 11.3 Å². The minimum Gasteiger partial charge on any atom is -0.501 e. The molecule has 1 heterocycles. The zero-order valence-corrected chi connectivity index (χ0v) is 14.1. The Morgan fingerprint density at radius 2 is 1.95 bits per heavy atom. The van der Waals surface area contributed by atoms with E-state index in [4.69, 9.17) is 4.74 Å². The van der Waals surface area contributed by atoms with Gasteiger partial charge in [-0.2, -0.15) is 0 Å². The second-order valence-corrected chi connectivity index (χ2v) is 5.42. The minimum atomic E-state index is -1.31. The maximum atomic E-state index is 11.7. The average Bonchev–Trinajstić information content (AvgIpc) is 2.49. The number of hydrogen-bond acceptors (Lipinski definition) is 5. The normalized spacial score (nSPS) is 21.4. The Bertz CT molecular complexity index is 555. The van der Waals surface area contributed by atoms with Crippen molar-refractivity contribution in [3.8, 4) is 0 Å². The number of nitrogens with zero attached hydrogens (tertiary/aromatic N) is 1. The molecule has 0 radical (unpaired) electrons. The van der Waals surface area contributed by atoms with Gasteiger partial charge in [0.05, 0.1) is 26.0 Å². The zero-order chi connectivity index (χ0) is 16.9. The van der Waals surface area contributed by atoms with Gasteiger partial charge in [-0.15, -0.1) is 0 Å². The molecule has 5 nitrogen and oxygen atoms in total. The van der Waals surface area contributed by atoms with Crippen molar-refractivity contribution in [3.05, 3.63) is 34.6 Å². The molecular formula is C17H25NO4. The van der Waals surface area contributed by atoms with E-state index in [-0.39, 0.29) is 6.04 Å². The third kappa shape index (κ3) is 4.31. The summed E-state index contributed by atoms with van der Waals surface area (Å²) < 4.78 is 9.77. The number of ether oxygens (including phenoxy) is 2. The summed E-state index contributed by atoms with van der Waals surface area (Å²) >= 11 is 0. The van der Waals surface area contributed by atoms with Gasteiger partial charge in [-0.3, -0.25) is 4.99 Å².